The zero-order chi connectivity index (χ0) is 20.3. The predicted octanol–water partition coefficient (Wildman–Crippen LogP) is 3.12. The topological polar surface area (TPSA) is 65.5 Å². The van der Waals surface area contributed by atoms with Crippen LogP contribution in [0.15, 0.2) is 35.8 Å². The van der Waals surface area contributed by atoms with Crippen LogP contribution in [0.2, 0.25) is 5.02 Å². The number of hydrogen-bond donors (Lipinski definition) is 1. The molecule has 2 fully saturated rings. The number of nitrogens with zero attached hydrogens (tertiary/aromatic N) is 3. The van der Waals surface area contributed by atoms with Crippen molar-refractivity contribution >= 4 is 40.6 Å². The molecule has 6 nitrogen and oxygen atoms in total. The van der Waals surface area contributed by atoms with E-state index in [0.29, 0.717) is 37.4 Å². The Morgan fingerprint density at radius 1 is 1.24 bits per heavy atom. The van der Waals surface area contributed by atoms with Crippen LogP contribution < -0.4 is 10.2 Å². The van der Waals surface area contributed by atoms with Gasteiger partial charge in [-0.25, -0.2) is 4.98 Å². The van der Waals surface area contributed by atoms with Gasteiger partial charge in [-0.1, -0.05) is 17.7 Å². The number of carbonyl (C=O) groups is 2. The van der Waals surface area contributed by atoms with E-state index >= 15 is 0 Å². The molecular weight excluding hydrogens is 408 g/mol. The van der Waals surface area contributed by atoms with E-state index in [0.717, 1.165) is 31.7 Å². The van der Waals surface area contributed by atoms with Crippen molar-refractivity contribution in [3.63, 3.8) is 0 Å². The molecule has 2 aromatic heterocycles. The Morgan fingerprint density at radius 3 is 2.69 bits per heavy atom. The Morgan fingerprint density at radius 2 is 2.07 bits per heavy atom. The summed E-state index contributed by atoms with van der Waals surface area (Å²) in [4.78, 5) is 34.5. The summed E-state index contributed by atoms with van der Waals surface area (Å²) in [6.45, 7) is 2.90. The molecule has 1 atom stereocenters. The number of piperazine rings is 1. The lowest BCUT2D eigenvalue weighted by molar-refractivity contribution is -0.132. The fourth-order valence-corrected chi connectivity index (χ4v) is 5.13. The molecular formula is C21H25ClN4O2S. The summed E-state index contributed by atoms with van der Waals surface area (Å²) >= 11 is 7.61. The third-order valence-electron chi connectivity index (χ3n) is 5.81. The van der Waals surface area contributed by atoms with Gasteiger partial charge in [-0.3, -0.25) is 9.59 Å². The summed E-state index contributed by atoms with van der Waals surface area (Å²) in [6.07, 6.45) is 4.95. The smallest absolute Gasteiger partial charge is 0.222 e. The van der Waals surface area contributed by atoms with Crippen molar-refractivity contribution in [1.82, 2.24) is 15.2 Å². The first-order valence-electron chi connectivity index (χ1n) is 10.0. The molecule has 1 N–H and O–H groups in total. The highest BCUT2D eigenvalue weighted by atomic mass is 35.5. The average Bonchev–Trinajstić information content (AvgIpc) is 3.37. The first-order chi connectivity index (χ1) is 14.0. The van der Waals surface area contributed by atoms with Gasteiger partial charge in [-0.15, -0.1) is 11.3 Å². The summed E-state index contributed by atoms with van der Waals surface area (Å²) in [5, 5.41) is 5.85. The minimum atomic E-state index is -0.285. The number of rotatable bonds is 6. The quantitative estimate of drug-likeness (QED) is 0.761. The molecule has 4 heterocycles. The van der Waals surface area contributed by atoms with E-state index in [4.69, 9.17) is 11.6 Å². The summed E-state index contributed by atoms with van der Waals surface area (Å²) in [6, 6.07) is 7.88. The number of amides is 2. The van der Waals surface area contributed by atoms with Gasteiger partial charge in [0.25, 0.3) is 0 Å². The molecule has 154 valence electrons. The lowest BCUT2D eigenvalue weighted by Crippen LogP contribution is -2.50. The standard InChI is InChI=1S/C21H25ClN4O2S/c22-16-3-4-18(23-15-16)25-9-11-26(12-10-25)20(28)6-8-21(7-5-19(27)24-21)14-17-2-1-13-29-17/h1-4,13,15H,5-12,14H2,(H,24,27). The fourth-order valence-electron chi connectivity index (χ4n) is 4.17. The normalized spacial score (nSPS) is 22.0. The monoisotopic (exact) mass is 432 g/mol. The summed E-state index contributed by atoms with van der Waals surface area (Å²) in [5.41, 5.74) is -0.285. The molecule has 2 amide bonds. The van der Waals surface area contributed by atoms with Crippen molar-refractivity contribution in [3.8, 4) is 0 Å². The Hall–Kier alpha value is -2.12. The molecule has 2 aliphatic heterocycles. The van der Waals surface area contributed by atoms with Crippen LogP contribution in [0.25, 0.3) is 0 Å². The lowest BCUT2D eigenvalue weighted by Gasteiger charge is -2.36. The zero-order valence-electron chi connectivity index (χ0n) is 16.3. The van der Waals surface area contributed by atoms with Crippen molar-refractivity contribution in [2.24, 2.45) is 0 Å². The molecule has 0 saturated carbocycles. The van der Waals surface area contributed by atoms with E-state index in [1.54, 1.807) is 17.5 Å². The second-order valence-corrected chi connectivity index (χ2v) is 9.26. The number of nitrogens with one attached hydrogen (secondary N) is 1. The first-order valence-corrected chi connectivity index (χ1v) is 11.3. The van der Waals surface area contributed by atoms with Crippen LogP contribution in [0.1, 0.15) is 30.6 Å². The second-order valence-electron chi connectivity index (χ2n) is 7.79. The van der Waals surface area contributed by atoms with Crippen LogP contribution in [-0.4, -0.2) is 53.4 Å². The molecule has 4 rings (SSSR count). The largest absolute Gasteiger partial charge is 0.353 e. The number of pyridine rings is 1. The van der Waals surface area contributed by atoms with Gasteiger partial charge >= 0.3 is 0 Å². The van der Waals surface area contributed by atoms with Crippen LogP contribution in [-0.2, 0) is 16.0 Å². The van der Waals surface area contributed by atoms with E-state index < -0.39 is 0 Å². The molecule has 2 aliphatic rings. The van der Waals surface area contributed by atoms with Gasteiger partial charge in [-0.05, 0) is 36.4 Å². The van der Waals surface area contributed by atoms with E-state index in [2.05, 4.69) is 26.6 Å². The number of aromatic nitrogens is 1. The molecule has 0 radical (unpaired) electrons. The molecule has 2 aromatic rings. The Balaban J connectivity index is 1.31. The Bertz CT molecular complexity index is 850. The molecule has 8 heteroatoms. The molecule has 0 bridgehead atoms. The number of hydrogen-bond acceptors (Lipinski definition) is 5. The molecule has 0 aliphatic carbocycles. The van der Waals surface area contributed by atoms with Crippen LogP contribution in [0.3, 0.4) is 0 Å². The minimum absolute atomic E-state index is 0.0954. The van der Waals surface area contributed by atoms with Crippen molar-refractivity contribution in [3.05, 3.63) is 45.7 Å². The molecule has 0 spiro atoms. The molecule has 29 heavy (non-hydrogen) atoms. The molecule has 2 saturated heterocycles. The number of halogens is 1. The maximum Gasteiger partial charge on any atom is 0.222 e. The third-order valence-corrected chi connectivity index (χ3v) is 6.91. The van der Waals surface area contributed by atoms with Crippen LogP contribution in [0, 0.1) is 0 Å². The summed E-state index contributed by atoms with van der Waals surface area (Å²) < 4.78 is 0. The maximum absolute atomic E-state index is 12.8. The van der Waals surface area contributed by atoms with E-state index in [9.17, 15) is 9.59 Å². The average molecular weight is 433 g/mol. The number of carbonyl (C=O) groups excluding carboxylic acids is 2. The molecule has 1 unspecified atom stereocenters. The van der Waals surface area contributed by atoms with Gasteiger partial charge in [0.15, 0.2) is 0 Å². The SMILES string of the molecule is O=C1CCC(CCC(=O)N2CCN(c3ccc(Cl)cn3)CC2)(Cc2cccs2)N1. The van der Waals surface area contributed by atoms with Crippen LogP contribution >= 0.6 is 22.9 Å². The Kier molecular flexibility index (Phi) is 6.06. The van der Waals surface area contributed by atoms with Gasteiger partial charge < -0.3 is 15.1 Å². The van der Waals surface area contributed by atoms with Crippen molar-refractivity contribution < 1.29 is 9.59 Å². The highest BCUT2D eigenvalue weighted by molar-refractivity contribution is 7.09. The van der Waals surface area contributed by atoms with E-state index in [1.165, 1.54) is 4.88 Å². The van der Waals surface area contributed by atoms with Crippen LogP contribution in [0.4, 0.5) is 5.82 Å². The van der Waals surface area contributed by atoms with E-state index in [-0.39, 0.29) is 17.4 Å². The van der Waals surface area contributed by atoms with Gasteiger partial charge in [-0.2, -0.15) is 0 Å². The third kappa shape index (κ3) is 4.90. The van der Waals surface area contributed by atoms with Gasteiger partial charge in [0.1, 0.15) is 5.82 Å². The predicted molar refractivity (Wildman–Crippen MR) is 115 cm³/mol. The second kappa shape index (κ2) is 8.71. The highest BCUT2D eigenvalue weighted by Crippen LogP contribution is 2.31. The minimum Gasteiger partial charge on any atom is -0.353 e. The van der Waals surface area contributed by atoms with Gasteiger partial charge in [0, 0.05) is 62.1 Å². The summed E-state index contributed by atoms with van der Waals surface area (Å²) in [5.74, 6) is 1.16. The molecule has 0 aromatic carbocycles. The highest BCUT2D eigenvalue weighted by Gasteiger charge is 2.38. The van der Waals surface area contributed by atoms with Crippen molar-refractivity contribution in [1.29, 1.82) is 0 Å². The zero-order valence-corrected chi connectivity index (χ0v) is 17.8. The van der Waals surface area contributed by atoms with Crippen molar-refractivity contribution in [2.45, 2.75) is 37.6 Å². The van der Waals surface area contributed by atoms with Gasteiger partial charge in [0.05, 0.1) is 5.02 Å². The van der Waals surface area contributed by atoms with E-state index in [1.807, 2.05) is 23.1 Å². The van der Waals surface area contributed by atoms with Crippen molar-refractivity contribution in [2.75, 3.05) is 31.1 Å². The maximum atomic E-state index is 12.8. The first kappa shape index (κ1) is 20.2. The van der Waals surface area contributed by atoms with Crippen LogP contribution in [0.5, 0.6) is 0 Å². The fraction of sp³-hybridized carbons (Fsp3) is 0.476. The summed E-state index contributed by atoms with van der Waals surface area (Å²) in [7, 11) is 0. The Labute approximate surface area is 179 Å². The number of thiophene rings is 1. The van der Waals surface area contributed by atoms with Gasteiger partial charge in [0.2, 0.25) is 11.8 Å². The lowest BCUT2D eigenvalue weighted by atomic mass is 9.87. The number of anilines is 1.